The van der Waals surface area contributed by atoms with Crippen LogP contribution in [0.25, 0.3) is 0 Å². The molecule has 0 saturated heterocycles. The molecule has 1 aliphatic carbocycles. The summed E-state index contributed by atoms with van der Waals surface area (Å²) < 4.78 is 28.6. The van der Waals surface area contributed by atoms with E-state index in [1.54, 1.807) is 0 Å². The van der Waals surface area contributed by atoms with Gasteiger partial charge in [0.25, 0.3) is 15.0 Å². The van der Waals surface area contributed by atoms with Crippen molar-refractivity contribution in [2.45, 2.75) is 36.6 Å². The van der Waals surface area contributed by atoms with Crippen molar-refractivity contribution in [3.63, 3.8) is 0 Å². The summed E-state index contributed by atoms with van der Waals surface area (Å²) in [5.41, 5.74) is 0.230. The van der Waals surface area contributed by atoms with Crippen molar-refractivity contribution in [3.8, 4) is 5.75 Å². The van der Waals surface area contributed by atoms with Gasteiger partial charge in [-0.15, -0.1) is 0 Å². The lowest BCUT2D eigenvalue weighted by molar-refractivity contribution is 0.0937. The van der Waals surface area contributed by atoms with Crippen molar-refractivity contribution < 1.29 is 17.9 Å². The van der Waals surface area contributed by atoms with Gasteiger partial charge in [-0.05, 0) is 40.9 Å². The second-order valence-corrected chi connectivity index (χ2v) is 8.27. The van der Waals surface area contributed by atoms with Crippen molar-refractivity contribution >= 4 is 41.6 Å². The number of amides is 1. The van der Waals surface area contributed by atoms with Gasteiger partial charge in [0.2, 0.25) is 0 Å². The number of benzene rings is 1. The second-order valence-electron chi connectivity index (χ2n) is 4.88. The SMILES string of the molecule is COc1c(Br)cc(C(=O)NC2CCCC2)cc1S(=O)(=O)Cl. The van der Waals surface area contributed by atoms with Gasteiger partial charge in [0.15, 0.2) is 5.75 Å². The summed E-state index contributed by atoms with van der Waals surface area (Å²) in [7, 11) is 2.72. The molecule has 1 saturated carbocycles. The predicted molar refractivity (Wildman–Crippen MR) is 83.5 cm³/mol. The van der Waals surface area contributed by atoms with Crippen LogP contribution in [-0.2, 0) is 9.05 Å². The highest BCUT2D eigenvalue weighted by Crippen LogP contribution is 2.35. The largest absolute Gasteiger partial charge is 0.494 e. The summed E-state index contributed by atoms with van der Waals surface area (Å²) in [5, 5.41) is 2.90. The minimum Gasteiger partial charge on any atom is -0.494 e. The van der Waals surface area contributed by atoms with Gasteiger partial charge in [-0.2, -0.15) is 0 Å². The zero-order valence-electron chi connectivity index (χ0n) is 11.4. The van der Waals surface area contributed by atoms with Crippen LogP contribution in [0, 0.1) is 0 Å². The smallest absolute Gasteiger partial charge is 0.265 e. The minimum absolute atomic E-state index is 0.0856. The van der Waals surface area contributed by atoms with Crippen LogP contribution in [0.1, 0.15) is 36.0 Å². The second kappa shape index (κ2) is 6.54. The van der Waals surface area contributed by atoms with Gasteiger partial charge >= 0.3 is 0 Å². The van der Waals surface area contributed by atoms with Gasteiger partial charge in [-0.3, -0.25) is 4.79 Å². The van der Waals surface area contributed by atoms with Gasteiger partial charge in [0.1, 0.15) is 4.90 Å². The number of methoxy groups -OCH3 is 1. The fourth-order valence-corrected chi connectivity index (χ4v) is 4.20. The first-order valence-electron chi connectivity index (χ1n) is 6.46. The summed E-state index contributed by atoms with van der Waals surface area (Å²) in [6.07, 6.45) is 4.09. The Balaban J connectivity index is 2.36. The fraction of sp³-hybridized carbons (Fsp3) is 0.462. The van der Waals surface area contributed by atoms with E-state index in [2.05, 4.69) is 21.2 Å². The molecule has 116 valence electrons. The molecule has 0 aliphatic heterocycles. The maximum atomic E-state index is 12.2. The molecular formula is C13H15BrClNO4S. The molecule has 1 fully saturated rings. The van der Waals surface area contributed by atoms with E-state index >= 15 is 0 Å². The lowest BCUT2D eigenvalue weighted by Crippen LogP contribution is -2.32. The zero-order chi connectivity index (χ0) is 15.6. The van der Waals surface area contributed by atoms with E-state index in [1.807, 2.05) is 0 Å². The Hall–Kier alpha value is -0.790. The monoisotopic (exact) mass is 395 g/mol. The summed E-state index contributed by atoms with van der Waals surface area (Å²) in [4.78, 5) is 12.0. The van der Waals surface area contributed by atoms with E-state index in [0.29, 0.717) is 4.47 Å². The molecule has 1 aromatic carbocycles. The predicted octanol–water partition coefficient (Wildman–Crippen LogP) is 3.06. The van der Waals surface area contributed by atoms with Crippen LogP contribution in [0.2, 0.25) is 0 Å². The molecule has 0 spiro atoms. The third-order valence-electron chi connectivity index (χ3n) is 3.43. The first kappa shape index (κ1) is 16.6. The molecule has 0 aromatic heterocycles. The Labute approximate surface area is 136 Å². The molecule has 1 N–H and O–H groups in total. The maximum Gasteiger partial charge on any atom is 0.265 e. The van der Waals surface area contributed by atoms with E-state index < -0.39 is 9.05 Å². The molecule has 1 aromatic rings. The average molecular weight is 397 g/mol. The lowest BCUT2D eigenvalue weighted by Gasteiger charge is -2.14. The molecule has 8 heteroatoms. The van der Waals surface area contributed by atoms with Crippen LogP contribution < -0.4 is 10.1 Å². The van der Waals surface area contributed by atoms with Gasteiger partial charge < -0.3 is 10.1 Å². The average Bonchev–Trinajstić information content (AvgIpc) is 2.89. The highest BCUT2D eigenvalue weighted by Gasteiger charge is 2.24. The molecule has 5 nitrogen and oxygen atoms in total. The van der Waals surface area contributed by atoms with Gasteiger partial charge in [0.05, 0.1) is 11.6 Å². The molecule has 0 bridgehead atoms. The van der Waals surface area contributed by atoms with Crippen LogP contribution in [0.15, 0.2) is 21.5 Å². The highest BCUT2D eigenvalue weighted by atomic mass is 79.9. The zero-order valence-corrected chi connectivity index (χ0v) is 14.5. The molecule has 2 rings (SSSR count). The van der Waals surface area contributed by atoms with E-state index in [-0.39, 0.29) is 28.2 Å². The number of carbonyl (C=O) groups excluding carboxylic acids is 1. The Morgan fingerprint density at radius 3 is 2.52 bits per heavy atom. The summed E-state index contributed by atoms with van der Waals surface area (Å²) in [6, 6.07) is 2.90. The minimum atomic E-state index is -4.01. The molecule has 1 aliphatic rings. The summed E-state index contributed by atoms with van der Waals surface area (Å²) >= 11 is 3.20. The summed E-state index contributed by atoms with van der Waals surface area (Å²) in [5.74, 6) is -0.228. The first-order chi connectivity index (χ1) is 9.82. The molecule has 1 amide bonds. The Kier molecular flexibility index (Phi) is 5.16. The number of hydrogen-bond acceptors (Lipinski definition) is 4. The number of hydrogen-bond donors (Lipinski definition) is 1. The Morgan fingerprint density at radius 2 is 2.00 bits per heavy atom. The van der Waals surface area contributed by atoms with E-state index in [4.69, 9.17) is 15.4 Å². The molecule has 21 heavy (non-hydrogen) atoms. The van der Waals surface area contributed by atoms with Crippen molar-refractivity contribution in [1.29, 1.82) is 0 Å². The van der Waals surface area contributed by atoms with E-state index in [1.165, 1.54) is 19.2 Å². The van der Waals surface area contributed by atoms with Gasteiger partial charge in [0, 0.05) is 22.3 Å². The third kappa shape index (κ3) is 3.90. The Bertz CT molecular complexity index is 656. The lowest BCUT2D eigenvalue weighted by atomic mass is 10.1. The van der Waals surface area contributed by atoms with E-state index in [9.17, 15) is 13.2 Å². The highest BCUT2D eigenvalue weighted by molar-refractivity contribution is 9.10. The Morgan fingerprint density at radius 1 is 1.38 bits per heavy atom. The summed E-state index contributed by atoms with van der Waals surface area (Å²) in [6.45, 7) is 0. The first-order valence-corrected chi connectivity index (χ1v) is 9.56. The van der Waals surface area contributed by atoms with E-state index in [0.717, 1.165) is 25.7 Å². The quantitative estimate of drug-likeness (QED) is 0.794. The molecule has 0 radical (unpaired) electrons. The maximum absolute atomic E-state index is 12.2. The number of rotatable bonds is 4. The van der Waals surface area contributed by atoms with Crippen molar-refractivity contribution in [2.75, 3.05) is 7.11 Å². The standard InChI is InChI=1S/C13H15BrClNO4S/c1-20-12-10(14)6-8(7-11(12)21(15,18)19)13(17)16-9-4-2-3-5-9/h6-7,9H,2-5H2,1H3,(H,16,17). The van der Waals surface area contributed by atoms with Gasteiger partial charge in [-0.1, -0.05) is 12.8 Å². The number of halogens is 2. The molecule has 0 heterocycles. The molecular weight excluding hydrogens is 382 g/mol. The normalized spacial score (nSPS) is 16.0. The topological polar surface area (TPSA) is 72.5 Å². The third-order valence-corrected chi connectivity index (χ3v) is 5.35. The number of nitrogens with one attached hydrogen (secondary N) is 1. The van der Waals surface area contributed by atoms with Crippen molar-refractivity contribution in [3.05, 3.63) is 22.2 Å². The van der Waals surface area contributed by atoms with Crippen molar-refractivity contribution in [1.82, 2.24) is 5.32 Å². The van der Waals surface area contributed by atoms with Crippen LogP contribution in [0.4, 0.5) is 0 Å². The number of ether oxygens (including phenoxy) is 1. The van der Waals surface area contributed by atoms with Gasteiger partial charge in [-0.25, -0.2) is 8.42 Å². The van der Waals surface area contributed by atoms with Crippen LogP contribution in [0.3, 0.4) is 0 Å². The van der Waals surface area contributed by atoms with Crippen LogP contribution >= 0.6 is 26.6 Å². The van der Waals surface area contributed by atoms with Crippen LogP contribution in [0.5, 0.6) is 5.75 Å². The molecule has 0 unspecified atom stereocenters. The number of carbonyl (C=O) groups is 1. The van der Waals surface area contributed by atoms with Crippen molar-refractivity contribution in [2.24, 2.45) is 0 Å². The fourth-order valence-electron chi connectivity index (χ4n) is 2.42. The van der Waals surface area contributed by atoms with Crippen LogP contribution in [-0.4, -0.2) is 27.5 Å². The molecule has 0 atom stereocenters.